The van der Waals surface area contributed by atoms with Gasteiger partial charge in [0.1, 0.15) is 0 Å². The summed E-state index contributed by atoms with van der Waals surface area (Å²) in [6, 6.07) is 0.246. The zero-order valence-electron chi connectivity index (χ0n) is 10.3. The lowest BCUT2D eigenvalue weighted by Crippen LogP contribution is -2.48. The molecule has 0 aromatic heterocycles. The molecule has 1 aliphatic rings. The Bertz CT molecular complexity index is 271. The summed E-state index contributed by atoms with van der Waals surface area (Å²) in [5.41, 5.74) is 0. The van der Waals surface area contributed by atoms with Crippen molar-refractivity contribution >= 4 is 16.7 Å². The molecule has 4 unspecified atom stereocenters. The molecule has 1 heterocycles. The van der Waals surface area contributed by atoms with Crippen LogP contribution in [0.3, 0.4) is 0 Å². The van der Waals surface area contributed by atoms with Crippen LogP contribution >= 0.6 is 0 Å². The summed E-state index contributed by atoms with van der Waals surface area (Å²) in [6.45, 7) is 5.44. The van der Waals surface area contributed by atoms with Crippen molar-refractivity contribution in [3.8, 4) is 0 Å². The molecule has 16 heavy (non-hydrogen) atoms. The van der Waals surface area contributed by atoms with Crippen LogP contribution in [0.4, 0.5) is 0 Å². The van der Waals surface area contributed by atoms with E-state index in [0.717, 1.165) is 19.4 Å². The van der Waals surface area contributed by atoms with Gasteiger partial charge in [0.2, 0.25) is 5.91 Å². The fourth-order valence-electron chi connectivity index (χ4n) is 1.89. The first-order chi connectivity index (χ1) is 7.52. The first-order valence-electron chi connectivity index (χ1n) is 5.85. The molecule has 5 heteroatoms. The van der Waals surface area contributed by atoms with Crippen molar-refractivity contribution in [3.63, 3.8) is 0 Å². The largest absolute Gasteiger partial charge is 0.355 e. The Morgan fingerprint density at radius 3 is 2.88 bits per heavy atom. The summed E-state index contributed by atoms with van der Waals surface area (Å²) in [6.07, 6.45) is 3.67. The molecule has 0 aliphatic carbocycles. The van der Waals surface area contributed by atoms with Gasteiger partial charge in [-0.1, -0.05) is 0 Å². The molecular formula is C11H22N2O2S. The monoisotopic (exact) mass is 246 g/mol. The number of carbonyl (C=O) groups excluding carboxylic acids is 1. The zero-order chi connectivity index (χ0) is 12.1. The van der Waals surface area contributed by atoms with Crippen LogP contribution in [-0.2, 0) is 15.6 Å². The molecule has 0 bridgehead atoms. The Morgan fingerprint density at radius 1 is 1.62 bits per heavy atom. The van der Waals surface area contributed by atoms with Gasteiger partial charge < -0.3 is 10.6 Å². The highest BCUT2D eigenvalue weighted by Gasteiger charge is 2.27. The van der Waals surface area contributed by atoms with E-state index in [9.17, 15) is 9.00 Å². The SMILES string of the molecule is CC1NCCCC1C(=O)NCC(C)S(C)=O. The Morgan fingerprint density at radius 2 is 2.31 bits per heavy atom. The molecule has 1 saturated heterocycles. The molecule has 0 radical (unpaired) electrons. The molecule has 0 aromatic carbocycles. The van der Waals surface area contributed by atoms with Crippen molar-refractivity contribution in [1.29, 1.82) is 0 Å². The van der Waals surface area contributed by atoms with Gasteiger partial charge in [0.15, 0.2) is 0 Å². The van der Waals surface area contributed by atoms with Crippen LogP contribution < -0.4 is 10.6 Å². The van der Waals surface area contributed by atoms with E-state index in [4.69, 9.17) is 0 Å². The second-order valence-electron chi connectivity index (χ2n) is 4.55. The highest BCUT2D eigenvalue weighted by Crippen LogP contribution is 2.16. The molecule has 4 nitrogen and oxygen atoms in total. The molecular weight excluding hydrogens is 224 g/mol. The van der Waals surface area contributed by atoms with Crippen LogP contribution in [0.1, 0.15) is 26.7 Å². The quantitative estimate of drug-likeness (QED) is 0.748. The van der Waals surface area contributed by atoms with E-state index in [1.165, 1.54) is 0 Å². The van der Waals surface area contributed by atoms with E-state index in [-0.39, 0.29) is 23.1 Å². The summed E-state index contributed by atoms with van der Waals surface area (Å²) < 4.78 is 11.1. The minimum absolute atomic E-state index is 0.0239. The van der Waals surface area contributed by atoms with Gasteiger partial charge >= 0.3 is 0 Å². The third kappa shape index (κ3) is 3.87. The fourth-order valence-corrected chi connectivity index (χ4v) is 2.21. The van der Waals surface area contributed by atoms with E-state index in [1.807, 2.05) is 13.8 Å². The third-order valence-corrected chi connectivity index (χ3v) is 4.53. The lowest BCUT2D eigenvalue weighted by Gasteiger charge is -2.29. The minimum atomic E-state index is -0.871. The van der Waals surface area contributed by atoms with Crippen LogP contribution in [-0.4, -0.2) is 40.8 Å². The molecule has 1 rings (SSSR count). The summed E-state index contributed by atoms with van der Waals surface area (Å²) >= 11 is 0. The summed E-state index contributed by atoms with van der Waals surface area (Å²) in [7, 11) is -0.871. The maximum absolute atomic E-state index is 11.9. The second-order valence-corrected chi connectivity index (χ2v) is 6.35. The van der Waals surface area contributed by atoms with Gasteiger partial charge in [-0.2, -0.15) is 0 Å². The van der Waals surface area contributed by atoms with Gasteiger partial charge in [-0.15, -0.1) is 0 Å². The Hall–Kier alpha value is -0.420. The van der Waals surface area contributed by atoms with Gasteiger partial charge in [0.05, 0.1) is 5.92 Å². The number of hydrogen-bond donors (Lipinski definition) is 2. The summed E-state index contributed by atoms with van der Waals surface area (Å²) in [5.74, 6) is 0.156. The molecule has 0 aromatic rings. The van der Waals surface area contributed by atoms with Crippen molar-refractivity contribution < 1.29 is 9.00 Å². The lowest BCUT2D eigenvalue weighted by molar-refractivity contribution is -0.126. The van der Waals surface area contributed by atoms with Crippen LogP contribution in [0.15, 0.2) is 0 Å². The first-order valence-corrected chi connectivity index (χ1v) is 7.47. The van der Waals surface area contributed by atoms with Gasteiger partial charge in [0.25, 0.3) is 0 Å². The number of hydrogen-bond acceptors (Lipinski definition) is 3. The second kappa shape index (κ2) is 6.35. The zero-order valence-corrected chi connectivity index (χ0v) is 11.1. The topological polar surface area (TPSA) is 58.2 Å². The molecule has 0 spiro atoms. The minimum Gasteiger partial charge on any atom is -0.355 e. The maximum atomic E-state index is 11.9. The molecule has 1 aliphatic heterocycles. The number of carbonyl (C=O) groups is 1. The molecule has 4 atom stereocenters. The van der Waals surface area contributed by atoms with Gasteiger partial charge in [-0.25, -0.2) is 0 Å². The Kier molecular flexibility index (Phi) is 5.41. The fraction of sp³-hybridized carbons (Fsp3) is 0.909. The third-order valence-electron chi connectivity index (χ3n) is 3.23. The standard InChI is InChI=1S/C11H22N2O2S/c1-8(16(3)15)7-13-11(14)10-5-4-6-12-9(10)2/h8-10,12H,4-7H2,1-3H3,(H,13,14). The van der Waals surface area contributed by atoms with Crippen LogP contribution in [0, 0.1) is 5.92 Å². The molecule has 1 amide bonds. The van der Waals surface area contributed by atoms with E-state index in [2.05, 4.69) is 10.6 Å². The van der Waals surface area contributed by atoms with Gasteiger partial charge in [0, 0.05) is 34.9 Å². The van der Waals surface area contributed by atoms with Crippen LogP contribution in [0.5, 0.6) is 0 Å². The summed E-state index contributed by atoms with van der Waals surface area (Å²) in [5, 5.41) is 6.22. The van der Waals surface area contributed by atoms with E-state index in [0.29, 0.717) is 6.54 Å². The maximum Gasteiger partial charge on any atom is 0.224 e. The predicted molar refractivity (Wildman–Crippen MR) is 66.7 cm³/mol. The van der Waals surface area contributed by atoms with Crippen molar-refractivity contribution in [2.24, 2.45) is 5.92 Å². The number of amides is 1. The van der Waals surface area contributed by atoms with E-state index in [1.54, 1.807) is 6.26 Å². The van der Waals surface area contributed by atoms with Crippen molar-refractivity contribution in [1.82, 2.24) is 10.6 Å². The average molecular weight is 246 g/mol. The van der Waals surface area contributed by atoms with E-state index < -0.39 is 10.8 Å². The van der Waals surface area contributed by atoms with Gasteiger partial charge in [-0.3, -0.25) is 9.00 Å². The molecule has 94 valence electrons. The Labute approximate surface area is 100 Å². The van der Waals surface area contributed by atoms with Crippen LogP contribution in [0.2, 0.25) is 0 Å². The molecule has 0 saturated carbocycles. The van der Waals surface area contributed by atoms with Crippen LogP contribution in [0.25, 0.3) is 0 Å². The Balaban J connectivity index is 2.36. The number of rotatable bonds is 4. The average Bonchev–Trinajstić information content (AvgIpc) is 2.25. The molecule has 2 N–H and O–H groups in total. The highest BCUT2D eigenvalue weighted by atomic mass is 32.2. The van der Waals surface area contributed by atoms with Crippen molar-refractivity contribution in [2.45, 2.75) is 38.0 Å². The lowest BCUT2D eigenvalue weighted by atomic mass is 9.91. The normalized spacial score (nSPS) is 29.4. The summed E-state index contributed by atoms with van der Waals surface area (Å²) in [4.78, 5) is 11.9. The molecule has 1 fully saturated rings. The van der Waals surface area contributed by atoms with E-state index >= 15 is 0 Å². The highest BCUT2D eigenvalue weighted by molar-refractivity contribution is 7.84. The van der Waals surface area contributed by atoms with Crippen molar-refractivity contribution in [3.05, 3.63) is 0 Å². The van der Waals surface area contributed by atoms with Gasteiger partial charge in [-0.05, 0) is 33.2 Å². The number of piperidine rings is 1. The number of nitrogens with one attached hydrogen (secondary N) is 2. The first kappa shape index (κ1) is 13.6. The predicted octanol–water partition coefficient (Wildman–Crippen LogP) is 0.258. The van der Waals surface area contributed by atoms with Crippen molar-refractivity contribution in [2.75, 3.05) is 19.3 Å². The smallest absolute Gasteiger partial charge is 0.224 e.